The van der Waals surface area contributed by atoms with Crippen molar-refractivity contribution in [2.24, 2.45) is 0 Å². The lowest BCUT2D eigenvalue weighted by Gasteiger charge is -2.24. The summed E-state index contributed by atoms with van der Waals surface area (Å²) in [6.45, 7) is 9.69. The minimum absolute atomic E-state index is 0.114. The maximum Gasteiger partial charge on any atom is 0.271 e. The van der Waals surface area contributed by atoms with Gasteiger partial charge in [-0.2, -0.15) is 5.10 Å². The fraction of sp³-hybridized carbons (Fsp3) is 0.346. The van der Waals surface area contributed by atoms with Gasteiger partial charge in [0, 0.05) is 25.4 Å². The molecule has 0 unspecified atom stereocenters. The molecule has 33 heavy (non-hydrogen) atoms. The van der Waals surface area contributed by atoms with Gasteiger partial charge in [-0.05, 0) is 62.1 Å². The summed E-state index contributed by atoms with van der Waals surface area (Å²) >= 11 is 0. The van der Waals surface area contributed by atoms with Gasteiger partial charge in [0.05, 0.1) is 5.69 Å². The summed E-state index contributed by atoms with van der Waals surface area (Å²) < 4.78 is 7.11. The van der Waals surface area contributed by atoms with Crippen molar-refractivity contribution in [2.45, 2.75) is 46.3 Å². The van der Waals surface area contributed by atoms with Crippen LogP contribution in [0.25, 0.3) is 16.8 Å². The molecule has 0 aliphatic heterocycles. The SMILES string of the molecule is CNC(=O)c1cc(C(C)C)n(-c2cc(C(=O)NC(C)(C)OC)cc(-c3ccc(C)cc3)c2)n1. The fourth-order valence-corrected chi connectivity index (χ4v) is 3.43. The van der Waals surface area contributed by atoms with Crippen molar-refractivity contribution in [3.05, 3.63) is 71.0 Å². The number of nitrogens with one attached hydrogen (secondary N) is 2. The Morgan fingerprint density at radius 1 is 1.00 bits per heavy atom. The number of ether oxygens (including phenoxy) is 1. The van der Waals surface area contributed by atoms with Crippen LogP contribution in [-0.2, 0) is 4.74 Å². The molecule has 1 heterocycles. The molecule has 0 fully saturated rings. The van der Waals surface area contributed by atoms with Gasteiger partial charge < -0.3 is 15.4 Å². The zero-order valence-electron chi connectivity index (χ0n) is 20.3. The molecule has 0 radical (unpaired) electrons. The zero-order chi connectivity index (χ0) is 24.3. The van der Waals surface area contributed by atoms with Gasteiger partial charge in [0.25, 0.3) is 11.8 Å². The van der Waals surface area contributed by atoms with Crippen LogP contribution in [0, 0.1) is 6.92 Å². The third-order valence-electron chi connectivity index (χ3n) is 5.52. The van der Waals surface area contributed by atoms with E-state index in [4.69, 9.17) is 4.74 Å². The van der Waals surface area contributed by atoms with Crippen molar-refractivity contribution in [1.82, 2.24) is 20.4 Å². The summed E-state index contributed by atoms with van der Waals surface area (Å²) in [5.41, 5.74) is 4.56. The average Bonchev–Trinajstić information content (AvgIpc) is 3.24. The molecule has 174 valence electrons. The van der Waals surface area contributed by atoms with Gasteiger partial charge in [-0.1, -0.05) is 43.7 Å². The number of aryl methyl sites for hydroxylation is 1. The summed E-state index contributed by atoms with van der Waals surface area (Å²) in [5, 5.41) is 10.1. The monoisotopic (exact) mass is 448 g/mol. The first-order chi connectivity index (χ1) is 15.5. The smallest absolute Gasteiger partial charge is 0.271 e. The van der Waals surface area contributed by atoms with Crippen LogP contribution in [0.5, 0.6) is 0 Å². The molecule has 2 N–H and O–H groups in total. The van der Waals surface area contributed by atoms with Crippen LogP contribution in [0.15, 0.2) is 48.5 Å². The molecule has 0 aliphatic carbocycles. The number of methoxy groups -OCH3 is 1. The Kier molecular flexibility index (Phi) is 7.03. The highest BCUT2D eigenvalue weighted by molar-refractivity contribution is 5.97. The number of hydrogen-bond donors (Lipinski definition) is 2. The van der Waals surface area contributed by atoms with E-state index >= 15 is 0 Å². The van der Waals surface area contributed by atoms with Crippen LogP contribution in [0.1, 0.15) is 65.7 Å². The predicted octanol–water partition coefficient (Wildman–Crippen LogP) is 4.44. The number of amides is 2. The molecule has 7 nitrogen and oxygen atoms in total. The lowest BCUT2D eigenvalue weighted by Crippen LogP contribution is -2.44. The first-order valence-corrected chi connectivity index (χ1v) is 11.0. The molecule has 3 aromatic rings. The van der Waals surface area contributed by atoms with Crippen molar-refractivity contribution in [2.75, 3.05) is 14.2 Å². The molecule has 1 aromatic heterocycles. The van der Waals surface area contributed by atoms with E-state index in [1.807, 2.05) is 57.2 Å². The van der Waals surface area contributed by atoms with E-state index < -0.39 is 5.72 Å². The maximum absolute atomic E-state index is 13.1. The summed E-state index contributed by atoms with van der Waals surface area (Å²) in [7, 11) is 3.13. The number of carbonyl (C=O) groups excluding carboxylic acids is 2. The topological polar surface area (TPSA) is 85.2 Å². The Labute approximate surface area is 195 Å². The van der Waals surface area contributed by atoms with E-state index in [9.17, 15) is 9.59 Å². The Bertz CT molecular complexity index is 1160. The highest BCUT2D eigenvalue weighted by Crippen LogP contribution is 2.28. The van der Waals surface area contributed by atoms with E-state index in [1.165, 1.54) is 0 Å². The molecule has 0 saturated carbocycles. The second-order valence-corrected chi connectivity index (χ2v) is 8.90. The van der Waals surface area contributed by atoms with Crippen molar-refractivity contribution in [1.29, 1.82) is 0 Å². The molecule has 2 amide bonds. The van der Waals surface area contributed by atoms with Gasteiger partial charge in [0.15, 0.2) is 5.69 Å². The second kappa shape index (κ2) is 9.58. The molecular weight excluding hydrogens is 416 g/mol. The van der Waals surface area contributed by atoms with Gasteiger partial charge >= 0.3 is 0 Å². The Morgan fingerprint density at radius 2 is 1.67 bits per heavy atom. The van der Waals surface area contributed by atoms with E-state index in [-0.39, 0.29) is 17.7 Å². The van der Waals surface area contributed by atoms with Crippen LogP contribution in [0.3, 0.4) is 0 Å². The van der Waals surface area contributed by atoms with Gasteiger partial charge in [-0.15, -0.1) is 0 Å². The quantitative estimate of drug-likeness (QED) is 0.523. The minimum atomic E-state index is -0.821. The highest BCUT2D eigenvalue weighted by atomic mass is 16.5. The zero-order valence-corrected chi connectivity index (χ0v) is 20.3. The first-order valence-electron chi connectivity index (χ1n) is 11.0. The lowest BCUT2D eigenvalue weighted by molar-refractivity contribution is -0.00348. The van der Waals surface area contributed by atoms with Gasteiger partial charge in [-0.3, -0.25) is 9.59 Å². The molecule has 0 saturated heterocycles. The van der Waals surface area contributed by atoms with E-state index in [2.05, 4.69) is 15.7 Å². The number of nitrogens with zero attached hydrogens (tertiary/aromatic N) is 2. The predicted molar refractivity (Wildman–Crippen MR) is 130 cm³/mol. The van der Waals surface area contributed by atoms with Crippen LogP contribution < -0.4 is 10.6 Å². The van der Waals surface area contributed by atoms with Crippen LogP contribution >= 0.6 is 0 Å². The summed E-state index contributed by atoms with van der Waals surface area (Å²) in [4.78, 5) is 25.4. The van der Waals surface area contributed by atoms with Crippen LogP contribution in [-0.4, -0.2) is 41.5 Å². The first kappa shape index (κ1) is 24.2. The average molecular weight is 449 g/mol. The number of carbonyl (C=O) groups is 2. The third-order valence-corrected chi connectivity index (χ3v) is 5.52. The minimum Gasteiger partial charge on any atom is -0.360 e. The summed E-state index contributed by atoms with van der Waals surface area (Å²) in [6.07, 6.45) is 0. The number of hydrogen-bond acceptors (Lipinski definition) is 4. The molecule has 7 heteroatoms. The van der Waals surface area contributed by atoms with E-state index in [0.29, 0.717) is 16.9 Å². The Morgan fingerprint density at radius 3 is 2.24 bits per heavy atom. The Balaban J connectivity index is 2.20. The number of aromatic nitrogens is 2. The molecule has 0 bridgehead atoms. The van der Waals surface area contributed by atoms with Crippen molar-refractivity contribution in [3.63, 3.8) is 0 Å². The standard InChI is InChI=1S/C26H32N4O3/c1-16(2)23-15-22(25(32)27-6)29-30(23)21-13-19(18-10-8-17(3)9-11-18)12-20(14-21)24(31)28-26(4,5)33-7/h8-16H,1-7H3,(H,27,32)(H,28,31). The molecular formula is C26H32N4O3. The van der Waals surface area contributed by atoms with Gasteiger partial charge in [0.2, 0.25) is 0 Å². The lowest BCUT2D eigenvalue weighted by atomic mass is 10.00. The van der Waals surface area contributed by atoms with Crippen molar-refractivity contribution >= 4 is 11.8 Å². The molecule has 0 spiro atoms. The third kappa shape index (κ3) is 5.49. The van der Waals surface area contributed by atoms with Crippen molar-refractivity contribution < 1.29 is 14.3 Å². The normalized spacial score (nSPS) is 11.5. The molecule has 2 aromatic carbocycles. The van der Waals surface area contributed by atoms with Crippen LogP contribution in [0.2, 0.25) is 0 Å². The molecule has 0 atom stereocenters. The highest BCUT2D eigenvalue weighted by Gasteiger charge is 2.22. The summed E-state index contributed by atoms with van der Waals surface area (Å²) in [6, 6.07) is 15.5. The van der Waals surface area contributed by atoms with Gasteiger partial charge in [-0.25, -0.2) is 4.68 Å². The molecule has 3 rings (SSSR count). The maximum atomic E-state index is 13.1. The largest absolute Gasteiger partial charge is 0.360 e. The Hall–Kier alpha value is -3.45. The van der Waals surface area contributed by atoms with E-state index in [1.54, 1.807) is 44.8 Å². The van der Waals surface area contributed by atoms with E-state index in [0.717, 1.165) is 22.4 Å². The number of benzene rings is 2. The fourth-order valence-electron chi connectivity index (χ4n) is 3.43. The second-order valence-electron chi connectivity index (χ2n) is 8.90. The molecule has 0 aliphatic rings. The van der Waals surface area contributed by atoms with Crippen LogP contribution in [0.4, 0.5) is 0 Å². The van der Waals surface area contributed by atoms with Gasteiger partial charge in [0.1, 0.15) is 5.72 Å². The summed E-state index contributed by atoms with van der Waals surface area (Å²) in [5.74, 6) is -0.407. The van der Waals surface area contributed by atoms with Crippen molar-refractivity contribution in [3.8, 4) is 16.8 Å². The number of rotatable bonds is 7.